The van der Waals surface area contributed by atoms with Crippen molar-refractivity contribution in [2.24, 2.45) is 0 Å². The largest absolute Gasteiger partial charge is 0.480 e. The van der Waals surface area contributed by atoms with Crippen LogP contribution in [-0.2, 0) is 25.0 Å². The molecule has 2 N–H and O–H groups in total. The average molecular weight is 355 g/mol. The second-order valence-electron chi connectivity index (χ2n) is 5.32. The van der Waals surface area contributed by atoms with Crippen molar-refractivity contribution in [2.75, 3.05) is 13.2 Å². The number of aromatic nitrogens is 1. The fourth-order valence-electron chi connectivity index (χ4n) is 2.61. The van der Waals surface area contributed by atoms with E-state index in [-0.39, 0.29) is 19.8 Å². The molecule has 132 valence electrons. The van der Waals surface area contributed by atoms with Crippen molar-refractivity contribution in [3.63, 3.8) is 0 Å². The first-order valence-corrected chi connectivity index (χ1v) is 9.29. The summed E-state index contributed by atoms with van der Waals surface area (Å²) in [5, 5.41) is 20.1. The first kappa shape index (κ1) is 18.7. The van der Waals surface area contributed by atoms with Crippen LogP contribution in [0.4, 0.5) is 0 Å². The fourth-order valence-corrected chi connectivity index (χ4v) is 4.20. The Balaban J connectivity index is 2.63. The maximum absolute atomic E-state index is 12.9. The number of carbonyl (C=O) groups is 1. The smallest absolute Gasteiger partial charge is 0.361 e. The summed E-state index contributed by atoms with van der Waals surface area (Å²) in [6, 6.07) is 4.94. The Morgan fingerprint density at radius 3 is 2.42 bits per heavy atom. The van der Waals surface area contributed by atoms with Crippen LogP contribution >= 0.6 is 7.60 Å². The minimum absolute atomic E-state index is 0.227. The van der Waals surface area contributed by atoms with E-state index in [9.17, 15) is 14.5 Å². The number of aliphatic hydroxyl groups is 1. The number of hydrogen-bond acceptors (Lipinski definition) is 5. The van der Waals surface area contributed by atoms with Gasteiger partial charge < -0.3 is 23.8 Å². The number of nitrogens with zero attached hydrogens (tertiary/aromatic N) is 1. The van der Waals surface area contributed by atoms with Crippen LogP contribution < -0.4 is 5.30 Å². The third kappa shape index (κ3) is 3.70. The van der Waals surface area contributed by atoms with Gasteiger partial charge in [0, 0.05) is 22.7 Å². The molecule has 24 heavy (non-hydrogen) atoms. The van der Waals surface area contributed by atoms with E-state index in [0.29, 0.717) is 21.8 Å². The summed E-state index contributed by atoms with van der Waals surface area (Å²) in [6.45, 7) is 5.25. The molecule has 0 aliphatic heterocycles. The van der Waals surface area contributed by atoms with Crippen molar-refractivity contribution in [3.05, 3.63) is 30.0 Å². The molecule has 0 aliphatic carbocycles. The second-order valence-corrected chi connectivity index (χ2v) is 7.34. The molecule has 8 heteroatoms. The lowest BCUT2D eigenvalue weighted by Crippen LogP contribution is -2.12. The predicted molar refractivity (Wildman–Crippen MR) is 90.7 cm³/mol. The molecule has 0 saturated heterocycles. The topological polar surface area (TPSA) is 98.0 Å². The highest BCUT2D eigenvalue weighted by molar-refractivity contribution is 7.62. The molecule has 0 amide bonds. The highest BCUT2D eigenvalue weighted by atomic mass is 31.2. The van der Waals surface area contributed by atoms with Gasteiger partial charge in [0.15, 0.2) is 0 Å². The number of hydrogen-bond donors (Lipinski definition) is 2. The van der Waals surface area contributed by atoms with Crippen LogP contribution in [0, 0.1) is 0 Å². The molecular formula is C16H22NO6P. The maximum atomic E-state index is 12.9. The zero-order valence-electron chi connectivity index (χ0n) is 13.9. The molecule has 0 radical (unpaired) electrons. The molecule has 7 nitrogen and oxygen atoms in total. The molecule has 2 rings (SSSR count). The van der Waals surface area contributed by atoms with Gasteiger partial charge >= 0.3 is 13.6 Å². The van der Waals surface area contributed by atoms with E-state index in [1.807, 2.05) is 0 Å². The first-order valence-electron chi connectivity index (χ1n) is 7.74. The van der Waals surface area contributed by atoms with Gasteiger partial charge in [0.05, 0.1) is 24.6 Å². The SMILES string of the molecule is CCOP(=O)(OCC)c1ccc2c(C(C)O)cn(CC(=O)O)c2c1. The Labute approximate surface area is 140 Å². The van der Waals surface area contributed by atoms with Gasteiger partial charge in [-0.25, -0.2) is 0 Å². The van der Waals surface area contributed by atoms with Crippen molar-refractivity contribution in [3.8, 4) is 0 Å². The highest BCUT2D eigenvalue weighted by Gasteiger charge is 2.28. The lowest BCUT2D eigenvalue weighted by Gasteiger charge is -2.17. The molecule has 0 fully saturated rings. The van der Waals surface area contributed by atoms with Crippen LogP contribution in [0.25, 0.3) is 10.9 Å². The third-order valence-electron chi connectivity index (χ3n) is 3.57. The number of carboxylic acids is 1. The summed E-state index contributed by atoms with van der Waals surface area (Å²) in [4.78, 5) is 11.1. The monoisotopic (exact) mass is 355 g/mol. The molecule has 1 heterocycles. The zero-order chi connectivity index (χ0) is 17.9. The lowest BCUT2D eigenvalue weighted by molar-refractivity contribution is -0.137. The van der Waals surface area contributed by atoms with Crippen LogP contribution in [0.3, 0.4) is 0 Å². The van der Waals surface area contributed by atoms with Gasteiger partial charge in [0.2, 0.25) is 0 Å². The number of carboxylic acid groups (broad SMARTS) is 1. The Kier molecular flexibility index (Phi) is 5.83. The predicted octanol–water partition coefficient (Wildman–Crippen LogP) is 2.67. The van der Waals surface area contributed by atoms with Gasteiger partial charge in [-0.1, -0.05) is 6.07 Å². The van der Waals surface area contributed by atoms with E-state index in [1.165, 1.54) is 4.57 Å². The van der Waals surface area contributed by atoms with Gasteiger partial charge in [-0.2, -0.15) is 0 Å². The van der Waals surface area contributed by atoms with Crippen molar-refractivity contribution in [2.45, 2.75) is 33.4 Å². The highest BCUT2D eigenvalue weighted by Crippen LogP contribution is 2.47. The normalized spacial score (nSPS) is 13.3. The number of fused-ring (bicyclic) bond motifs is 1. The minimum Gasteiger partial charge on any atom is -0.480 e. The quantitative estimate of drug-likeness (QED) is 0.707. The minimum atomic E-state index is -3.47. The van der Waals surface area contributed by atoms with E-state index in [2.05, 4.69) is 0 Å². The second kappa shape index (κ2) is 7.49. The maximum Gasteiger partial charge on any atom is 0.361 e. The van der Waals surface area contributed by atoms with E-state index < -0.39 is 19.7 Å². The van der Waals surface area contributed by atoms with Gasteiger partial charge in [-0.15, -0.1) is 0 Å². The molecule has 0 aliphatic rings. The van der Waals surface area contributed by atoms with E-state index in [1.54, 1.807) is 45.2 Å². The Morgan fingerprint density at radius 1 is 1.29 bits per heavy atom. The van der Waals surface area contributed by atoms with Crippen molar-refractivity contribution in [1.82, 2.24) is 4.57 Å². The number of rotatable bonds is 8. The Morgan fingerprint density at radius 2 is 1.92 bits per heavy atom. The summed E-state index contributed by atoms with van der Waals surface area (Å²) < 4.78 is 25.1. The first-order chi connectivity index (χ1) is 11.3. The van der Waals surface area contributed by atoms with E-state index >= 15 is 0 Å². The molecule has 1 aromatic heterocycles. The number of aliphatic carboxylic acids is 1. The third-order valence-corrected chi connectivity index (χ3v) is 5.67. The average Bonchev–Trinajstić information content (AvgIpc) is 2.85. The van der Waals surface area contributed by atoms with Crippen LogP contribution in [0.2, 0.25) is 0 Å². The van der Waals surface area contributed by atoms with Crippen LogP contribution in [-0.4, -0.2) is 34.0 Å². The van der Waals surface area contributed by atoms with Gasteiger partial charge in [-0.05, 0) is 32.9 Å². The molecule has 1 unspecified atom stereocenters. The molecular weight excluding hydrogens is 333 g/mol. The van der Waals surface area contributed by atoms with Crippen molar-refractivity contribution in [1.29, 1.82) is 0 Å². The zero-order valence-corrected chi connectivity index (χ0v) is 14.8. The number of aliphatic hydroxyl groups excluding tert-OH is 1. The van der Waals surface area contributed by atoms with E-state index in [4.69, 9.17) is 14.2 Å². The summed E-state index contributed by atoms with van der Waals surface area (Å²) in [5.74, 6) is -1.01. The summed E-state index contributed by atoms with van der Waals surface area (Å²) >= 11 is 0. The summed E-state index contributed by atoms with van der Waals surface area (Å²) in [7, 11) is -3.47. The fraction of sp³-hybridized carbons (Fsp3) is 0.438. The van der Waals surface area contributed by atoms with Gasteiger partial charge in [0.25, 0.3) is 0 Å². The molecule has 1 aromatic carbocycles. The van der Waals surface area contributed by atoms with Crippen LogP contribution in [0.1, 0.15) is 32.4 Å². The summed E-state index contributed by atoms with van der Waals surface area (Å²) in [6.07, 6.45) is 0.846. The molecule has 2 aromatic rings. The molecule has 0 spiro atoms. The molecule has 0 bridgehead atoms. The molecule has 1 atom stereocenters. The van der Waals surface area contributed by atoms with Crippen molar-refractivity contribution >= 4 is 29.8 Å². The molecule has 0 saturated carbocycles. The Bertz CT molecular complexity index is 772. The van der Waals surface area contributed by atoms with Gasteiger partial charge in [0.1, 0.15) is 6.54 Å². The van der Waals surface area contributed by atoms with Crippen LogP contribution in [0.5, 0.6) is 0 Å². The number of benzene rings is 1. The van der Waals surface area contributed by atoms with Gasteiger partial charge in [-0.3, -0.25) is 9.36 Å². The lowest BCUT2D eigenvalue weighted by atomic mass is 10.1. The van der Waals surface area contributed by atoms with Crippen LogP contribution in [0.15, 0.2) is 24.4 Å². The summed E-state index contributed by atoms with van der Waals surface area (Å²) in [5.41, 5.74) is 1.17. The Hall–Kier alpha value is -1.66. The van der Waals surface area contributed by atoms with E-state index in [0.717, 1.165) is 0 Å². The standard InChI is InChI=1S/C16H22NO6P/c1-4-22-24(21,23-5-2)12-6-7-13-14(11(3)18)9-17(10-16(19)20)15(13)8-12/h6-9,11,18H,4-5,10H2,1-3H3,(H,19,20). The van der Waals surface area contributed by atoms with Crippen molar-refractivity contribution < 1.29 is 28.6 Å².